The molecule has 0 saturated carbocycles. The second kappa shape index (κ2) is 6.50. The Kier molecular flexibility index (Phi) is 4.97. The Morgan fingerprint density at radius 3 is 2.26 bits per heavy atom. The average molecular weight is 335 g/mol. The van der Waals surface area contributed by atoms with Crippen LogP contribution in [0, 0.1) is 0 Å². The summed E-state index contributed by atoms with van der Waals surface area (Å²) in [6.45, 7) is 5.24. The maximum atomic E-state index is 6.21. The summed E-state index contributed by atoms with van der Waals surface area (Å²) < 4.78 is 7.33. The first-order valence-electron chi connectivity index (χ1n) is 6.48. The lowest BCUT2D eigenvalue weighted by Crippen LogP contribution is -2.33. The highest BCUT2D eigenvalue weighted by molar-refractivity contribution is 9.10. The van der Waals surface area contributed by atoms with Crippen LogP contribution in [0.2, 0.25) is 13.1 Å². The fourth-order valence-electron chi connectivity index (χ4n) is 2.03. The van der Waals surface area contributed by atoms with E-state index in [-0.39, 0.29) is 0 Å². The molecule has 3 heteroatoms. The van der Waals surface area contributed by atoms with Crippen LogP contribution in [0.1, 0.15) is 11.1 Å². The molecule has 0 aliphatic carbocycles. The first kappa shape index (κ1) is 14.5. The average Bonchev–Trinajstić information content (AvgIpc) is 2.38. The monoisotopic (exact) mass is 334 g/mol. The van der Waals surface area contributed by atoms with E-state index in [1.807, 2.05) is 6.07 Å². The normalized spacial score (nSPS) is 11.5. The highest BCUT2D eigenvalue weighted by Crippen LogP contribution is 2.20. The molecule has 2 rings (SSSR count). The topological polar surface area (TPSA) is 9.23 Å². The minimum absolute atomic E-state index is 0.688. The smallest absolute Gasteiger partial charge is 0.191 e. The number of rotatable bonds is 5. The molecule has 0 aliphatic heterocycles. The summed E-state index contributed by atoms with van der Waals surface area (Å²) in [6.07, 6.45) is 0. The zero-order chi connectivity index (χ0) is 13.7. The molecule has 19 heavy (non-hydrogen) atoms. The van der Waals surface area contributed by atoms with Crippen molar-refractivity contribution in [2.75, 3.05) is 0 Å². The Balaban J connectivity index is 1.96. The van der Waals surface area contributed by atoms with Crippen LogP contribution < -0.4 is 0 Å². The van der Waals surface area contributed by atoms with Crippen LogP contribution in [0.5, 0.6) is 0 Å². The quantitative estimate of drug-likeness (QED) is 0.702. The third-order valence-electron chi connectivity index (χ3n) is 3.05. The number of hydrogen-bond donors (Lipinski definition) is 0. The molecule has 0 saturated heterocycles. The Bertz CT molecular complexity index is 525. The molecule has 100 valence electrons. The van der Waals surface area contributed by atoms with Crippen LogP contribution in [0.4, 0.5) is 0 Å². The van der Waals surface area contributed by atoms with Crippen LogP contribution in [0.25, 0.3) is 0 Å². The van der Waals surface area contributed by atoms with E-state index in [0.717, 1.165) is 10.5 Å². The lowest BCUT2D eigenvalue weighted by atomic mass is 10.2. The fraction of sp³-hybridized carbons (Fsp3) is 0.250. The molecule has 0 bridgehead atoms. The van der Waals surface area contributed by atoms with Gasteiger partial charge in [0.1, 0.15) is 0 Å². The van der Waals surface area contributed by atoms with Gasteiger partial charge in [0.05, 0.1) is 6.61 Å². The minimum atomic E-state index is -1.67. The third-order valence-corrected chi connectivity index (χ3v) is 6.01. The van der Waals surface area contributed by atoms with E-state index in [2.05, 4.69) is 77.6 Å². The molecule has 0 radical (unpaired) electrons. The van der Waals surface area contributed by atoms with Gasteiger partial charge in [-0.25, -0.2) is 0 Å². The van der Waals surface area contributed by atoms with Crippen molar-refractivity contribution < 1.29 is 4.43 Å². The van der Waals surface area contributed by atoms with Gasteiger partial charge in [-0.3, -0.25) is 0 Å². The zero-order valence-electron chi connectivity index (χ0n) is 11.4. The summed E-state index contributed by atoms with van der Waals surface area (Å²) in [6, 6.07) is 19.9. The lowest BCUT2D eigenvalue weighted by Gasteiger charge is -2.23. The zero-order valence-corrected chi connectivity index (χ0v) is 14.0. The molecule has 0 N–H and O–H groups in total. The molecule has 2 aromatic rings. The second-order valence-corrected chi connectivity index (χ2v) is 10.3. The van der Waals surface area contributed by atoms with Gasteiger partial charge in [-0.15, -0.1) is 0 Å². The van der Waals surface area contributed by atoms with Crippen molar-refractivity contribution >= 4 is 24.2 Å². The van der Waals surface area contributed by atoms with Crippen molar-refractivity contribution in [3.63, 3.8) is 0 Å². The predicted molar refractivity (Wildman–Crippen MR) is 86.6 cm³/mol. The molecule has 1 nitrogen and oxygen atoms in total. The van der Waals surface area contributed by atoms with Crippen molar-refractivity contribution in [2.45, 2.75) is 25.7 Å². The molecule has 0 aliphatic rings. The van der Waals surface area contributed by atoms with E-state index in [0.29, 0.717) is 6.61 Å². The molecule has 2 aromatic carbocycles. The van der Waals surface area contributed by atoms with E-state index in [4.69, 9.17) is 4.43 Å². The molecule has 0 atom stereocenters. The van der Waals surface area contributed by atoms with E-state index < -0.39 is 8.32 Å². The highest BCUT2D eigenvalue weighted by atomic mass is 79.9. The standard InChI is InChI=1S/C16H19BrOSi/c1-19(2,13-14-8-4-3-5-9-14)18-12-15-10-6-7-11-16(15)17/h3-11H,12-13H2,1-2H3. The van der Waals surface area contributed by atoms with Crippen molar-refractivity contribution in [1.82, 2.24) is 0 Å². The van der Waals surface area contributed by atoms with Crippen molar-refractivity contribution in [3.8, 4) is 0 Å². The largest absolute Gasteiger partial charge is 0.413 e. The third kappa shape index (κ3) is 4.60. The predicted octanol–water partition coefficient (Wildman–Crippen LogP) is 4.95. The van der Waals surface area contributed by atoms with E-state index in [9.17, 15) is 0 Å². The Morgan fingerprint density at radius 2 is 1.58 bits per heavy atom. The minimum Gasteiger partial charge on any atom is -0.413 e. The summed E-state index contributed by atoms with van der Waals surface area (Å²) in [5.41, 5.74) is 2.59. The Hall–Kier alpha value is -0.903. The van der Waals surface area contributed by atoms with Gasteiger partial charge in [0.25, 0.3) is 0 Å². The van der Waals surface area contributed by atoms with Gasteiger partial charge in [0.15, 0.2) is 8.32 Å². The van der Waals surface area contributed by atoms with Gasteiger partial charge in [-0.2, -0.15) is 0 Å². The summed E-state index contributed by atoms with van der Waals surface area (Å²) in [5.74, 6) is 0. The molecule has 0 fully saturated rings. The van der Waals surface area contributed by atoms with Crippen LogP contribution >= 0.6 is 15.9 Å². The molecule has 0 unspecified atom stereocenters. The van der Waals surface area contributed by atoms with Crippen molar-refractivity contribution in [2.24, 2.45) is 0 Å². The summed E-state index contributed by atoms with van der Waals surface area (Å²) in [7, 11) is -1.67. The van der Waals surface area contributed by atoms with Gasteiger partial charge in [0, 0.05) is 4.47 Å². The van der Waals surface area contributed by atoms with Crippen LogP contribution in [0.15, 0.2) is 59.1 Å². The SMILES string of the molecule is C[Si](C)(Cc1ccccc1)OCc1ccccc1Br. The number of benzene rings is 2. The molecule has 0 spiro atoms. The van der Waals surface area contributed by atoms with E-state index >= 15 is 0 Å². The van der Waals surface area contributed by atoms with E-state index in [1.54, 1.807) is 0 Å². The lowest BCUT2D eigenvalue weighted by molar-refractivity contribution is 0.293. The van der Waals surface area contributed by atoms with E-state index in [1.165, 1.54) is 11.1 Å². The van der Waals surface area contributed by atoms with Gasteiger partial charge >= 0.3 is 0 Å². The first-order valence-corrected chi connectivity index (χ1v) is 10.4. The van der Waals surface area contributed by atoms with Gasteiger partial charge in [0.2, 0.25) is 0 Å². The summed E-state index contributed by atoms with van der Waals surface area (Å²) in [4.78, 5) is 0. The summed E-state index contributed by atoms with van der Waals surface area (Å²) in [5, 5.41) is 0. The van der Waals surface area contributed by atoms with Crippen molar-refractivity contribution in [1.29, 1.82) is 0 Å². The molecule has 0 aromatic heterocycles. The first-order chi connectivity index (χ1) is 9.07. The molecule has 0 heterocycles. The van der Waals surface area contributed by atoms with Gasteiger partial charge in [-0.1, -0.05) is 64.5 Å². The van der Waals surface area contributed by atoms with Crippen LogP contribution in [-0.4, -0.2) is 8.32 Å². The Labute approximate surface area is 124 Å². The van der Waals surface area contributed by atoms with Gasteiger partial charge in [-0.05, 0) is 36.3 Å². The highest BCUT2D eigenvalue weighted by Gasteiger charge is 2.23. The number of hydrogen-bond acceptors (Lipinski definition) is 1. The molecule has 0 amide bonds. The van der Waals surface area contributed by atoms with Gasteiger partial charge < -0.3 is 4.43 Å². The van der Waals surface area contributed by atoms with Crippen LogP contribution in [-0.2, 0) is 17.1 Å². The number of halogens is 1. The fourth-order valence-corrected chi connectivity index (χ4v) is 4.29. The Morgan fingerprint density at radius 1 is 0.947 bits per heavy atom. The van der Waals surface area contributed by atoms with Crippen molar-refractivity contribution in [3.05, 3.63) is 70.2 Å². The molecular weight excluding hydrogens is 316 g/mol. The molecular formula is C16H19BrOSi. The summed E-state index contributed by atoms with van der Waals surface area (Å²) >= 11 is 3.57. The second-order valence-electron chi connectivity index (χ2n) is 5.30. The maximum absolute atomic E-state index is 6.21. The van der Waals surface area contributed by atoms with Crippen LogP contribution in [0.3, 0.4) is 0 Å². The maximum Gasteiger partial charge on any atom is 0.191 e.